The summed E-state index contributed by atoms with van der Waals surface area (Å²) in [7, 11) is 1.97. The van der Waals surface area contributed by atoms with Crippen molar-refractivity contribution < 1.29 is 0 Å². The molecule has 0 spiro atoms. The second kappa shape index (κ2) is 4.96. The number of hydrogen-bond acceptors (Lipinski definition) is 2. The Morgan fingerprint density at radius 2 is 2.43 bits per heavy atom. The van der Waals surface area contributed by atoms with Crippen LogP contribution in [0.4, 0.5) is 0 Å². The first kappa shape index (κ1) is 11.0. The molecular formula is C11H19N3. The molecule has 0 aliphatic carbocycles. The molecule has 1 N–H and O–H groups in total. The second-order valence-electron chi connectivity index (χ2n) is 3.65. The van der Waals surface area contributed by atoms with E-state index in [1.54, 1.807) is 0 Å². The number of hydrogen-bond donors (Lipinski definition) is 1. The van der Waals surface area contributed by atoms with Crippen molar-refractivity contribution in [3.8, 4) is 0 Å². The maximum absolute atomic E-state index is 4.17. The minimum Gasteiger partial charge on any atom is -0.309 e. The standard InChI is InChI=1S/C11H19N3/c1-5-12-10(8-9(2)3)11-6-7-13-14(11)4/h6-7,10,12H,2,5,8H2,1,3-4H3. The van der Waals surface area contributed by atoms with Gasteiger partial charge in [0.2, 0.25) is 0 Å². The molecule has 3 nitrogen and oxygen atoms in total. The van der Waals surface area contributed by atoms with Crippen molar-refractivity contribution in [2.24, 2.45) is 7.05 Å². The summed E-state index contributed by atoms with van der Waals surface area (Å²) in [5, 5.41) is 7.61. The molecular weight excluding hydrogens is 174 g/mol. The Hall–Kier alpha value is -1.09. The lowest BCUT2D eigenvalue weighted by atomic mass is 10.1. The van der Waals surface area contributed by atoms with E-state index >= 15 is 0 Å². The van der Waals surface area contributed by atoms with E-state index in [1.807, 2.05) is 17.9 Å². The smallest absolute Gasteiger partial charge is 0.0553 e. The van der Waals surface area contributed by atoms with Gasteiger partial charge in [-0.15, -0.1) is 6.58 Å². The zero-order valence-electron chi connectivity index (χ0n) is 9.25. The first-order valence-electron chi connectivity index (χ1n) is 5.00. The van der Waals surface area contributed by atoms with Crippen LogP contribution in [0.15, 0.2) is 24.4 Å². The second-order valence-corrected chi connectivity index (χ2v) is 3.65. The third kappa shape index (κ3) is 2.70. The lowest BCUT2D eigenvalue weighted by molar-refractivity contribution is 0.507. The van der Waals surface area contributed by atoms with Crippen LogP contribution in [0.1, 0.15) is 32.0 Å². The van der Waals surface area contributed by atoms with Gasteiger partial charge in [-0.3, -0.25) is 4.68 Å². The van der Waals surface area contributed by atoms with Crippen LogP contribution in [0, 0.1) is 0 Å². The van der Waals surface area contributed by atoms with E-state index in [2.05, 4.69) is 36.9 Å². The van der Waals surface area contributed by atoms with Crippen LogP contribution in [0.2, 0.25) is 0 Å². The van der Waals surface area contributed by atoms with Gasteiger partial charge in [0, 0.05) is 13.2 Å². The molecule has 0 radical (unpaired) electrons. The summed E-state index contributed by atoms with van der Waals surface area (Å²) in [5.41, 5.74) is 2.41. The molecule has 0 bridgehead atoms. The molecule has 1 atom stereocenters. The molecule has 3 heteroatoms. The van der Waals surface area contributed by atoms with Crippen LogP contribution in [-0.4, -0.2) is 16.3 Å². The summed E-state index contributed by atoms with van der Waals surface area (Å²) in [5.74, 6) is 0. The van der Waals surface area contributed by atoms with Crippen LogP contribution >= 0.6 is 0 Å². The molecule has 0 aliphatic rings. The van der Waals surface area contributed by atoms with E-state index in [0.29, 0.717) is 6.04 Å². The monoisotopic (exact) mass is 193 g/mol. The Morgan fingerprint density at radius 3 is 2.86 bits per heavy atom. The fourth-order valence-electron chi connectivity index (χ4n) is 1.60. The highest BCUT2D eigenvalue weighted by atomic mass is 15.3. The van der Waals surface area contributed by atoms with Crippen LogP contribution in [0.5, 0.6) is 0 Å². The highest BCUT2D eigenvalue weighted by Gasteiger charge is 2.13. The van der Waals surface area contributed by atoms with Gasteiger partial charge in [0.05, 0.1) is 11.7 Å². The van der Waals surface area contributed by atoms with Crippen LogP contribution in [0.3, 0.4) is 0 Å². The van der Waals surface area contributed by atoms with E-state index in [9.17, 15) is 0 Å². The molecule has 1 unspecified atom stereocenters. The average Bonchev–Trinajstić information content (AvgIpc) is 2.50. The highest BCUT2D eigenvalue weighted by Crippen LogP contribution is 2.18. The predicted octanol–water partition coefficient (Wildman–Crippen LogP) is 2.04. The van der Waals surface area contributed by atoms with Crippen LogP contribution < -0.4 is 5.32 Å². The van der Waals surface area contributed by atoms with Crippen molar-refractivity contribution in [3.63, 3.8) is 0 Å². The molecule has 0 aliphatic heterocycles. The highest BCUT2D eigenvalue weighted by molar-refractivity contribution is 5.10. The van der Waals surface area contributed by atoms with Gasteiger partial charge in [0.15, 0.2) is 0 Å². The SMILES string of the molecule is C=C(C)CC(NCC)c1ccnn1C. The van der Waals surface area contributed by atoms with Crippen LogP contribution in [0.25, 0.3) is 0 Å². The lowest BCUT2D eigenvalue weighted by Gasteiger charge is -2.18. The van der Waals surface area contributed by atoms with E-state index < -0.39 is 0 Å². The molecule has 0 aromatic carbocycles. The van der Waals surface area contributed by atoms with Gasteiger partial charge in [-0.1, -0.05) is 12.5 Å². The summed E-state index contributed by atoms with van der Waals surface area (Å²) in [4.78, 5) is 0. The Bertz CT molecular complexity index is 301. The number of aromatic nitrogens is 2. The summed E-state index contributed by atoms with van der Waals surface area (Å²) in [6.07, 6.45) is 2.80. The van der Waals surface area contributed by atoms with Crippen molar-refractivity contribution in [2.45, 2.75) is 26.3 Å². The van der Waals surface area contributed by atoms with Gasteiger partial charge in [-0.05, 0) is 26.0 Å². The molecule has 0 saturated heterocycles. The molecule has 1 rings (SSSR count). The average molecular weight is 193 g/mol. The third-order valence-electron chi connectivity index (χ3n) is 2.22. The molecule has 14 heavy (non-hydrogen) atoms. The van der Waals surface area contributed by atoms with Crippen LogP contribution in [-0.2, 0) is 7.05 Å². The molecule has 0 amide bonds. The van der Waals surface area contributed by atoms with Crippen molar-refractivity contribution in [1.82, 2.24) is 15.1 Å². The summed E-state index contributed by atoms with van der Waals surface area (Å²) < 4.78 is 1.91. The fourth-order valence-corrected chi connectivity index (χ4v) is 1.60. The molecule has 0 saturated carbocycles. The maximum Gasteiger partial charge on any atom is 0.0553 e. The quantitative estimate of drug-likeness (QED) is 0.725. The summed E-state index contributed by atoms with van der Waals surface area (Å²) >= 11 is 0. The molecule has 1 aromatic rings. The minimum atomic E-state index is 0.338. The van der Waals surface area contributed by atoms with Gasteiger partial charge in [0.25, 0.3) is 0 Å². The van der Waals surface area contributed by atoms with E-state index in [0.717, 1.165) is 13.0 Å². The Morgan fingerprint density at radius 1 is 1.71 bits per heavy atom. The van der Waals surface area contributed by atoms with Gasteiger partial charge in [-0.2, -0.15) is 5.10 Å². The van der Waals surface area contributed by atoms with E-state index in [-0.39, 0.29) is 0 Å². The zero-order valence-corrected chi connectivity index (χ0v) is 9.25. The van der Waals surface area contributed by atoms with E-state index in [1.165, 1.54) is 11.3 Å². The Labute approximate surface area is 85.8 Å². The summed E-state index contributed by atoms with van der Waals surface area (Å²) in [6.45, 7) is 9.08. The maximum atomic E-state index is 4.17. The van der Waals surface area contributed by atoms with Crippen molar-refractivity contribution in [1.29, 1.82) is 0 Å². The van der Waals surface area contributed by atoms with Crippen molar-refractivity contribution >= 4 is 0 Å². The van der Waals surface area contributed by atoms with E-state index in [4.69, 9.17) is 0 Å². The number of nitrogens with zero attached hydrogens (tertiary/aromatic N) is 2. The molecule has 78 valence electrons. The van der Waals surface area contributed by atoms with Crippen molar-refractivity contribution in [3.05, 3.63) is 30.1 Å². The van der Waals surface area contributed by atoms with Crippen molar-refractivity contribution in [2.75, 3.05) is 6.54 Å². The molecule has 1 aromatic heterocycles. The Kier molecular flexibility index (Phi) is 3.89. The van der Waals surface area contributed by atoms with Gasteiger partial charge < -0.3 is 5.32 Å². The normalized spacial score (nSPS) is 12.8. The number of rotatable bonds is 5. The summed E-state index contributed by atoms with van der Waals surface area (Å²) in [6, 6.07) is 2.39. The van der Waals surface area contributed by atoms with Gasteiger partial charge in [0.1, 0.15) is 0 Å². The molecule has 1 heterocycles. The van der Waals surface area contributed by atoms with Gasteiger partial charge >= 0.3 is 0 Å². The number of aryl methyl sites for hydroxylation is 1. The van der Waals surface area contributed by atoms with Gasteiger partial charge in [-0.25, -0.2) is 0 Å². The first-order valence-corrected chi connectivity index (χ1v) is 5.00. The number of nitrogens with one attached hydrogen (secondary N) is 1. The molecule has 0 fully saturated rings. The Balaban J connectivity index is 2.77. The first-order chi connectivity index (χ1) is 6.65. The zero-order chi connectivity index (χ0) is 10.6. The minimum absolute atomic E-state index is 0.338. The predicted molar refractivity (Wildman–Crippen MR) is 59.1 cm³/mol. The largest absolute Gasteiger partial charge is 0.309 e. The lowest BCUT2D eigenvalue weighted by Crippen LogP contribution is -2.23. The third-order valence-corrected chi connectivity index (χ3v) is 2.22. The topological polar surface area (TPSA) is 29.9 Å². The fraction of sp³-hybridized carbons (Fsp3) is 0.545.